The number of likely N-dealkylation sites (tertiary alicyclic amines) is 1. The van der Waals surface area contributed by atoms with Crippen molar-refractivity contribution in [1.82, 2.24) is 24.8 Å². The third-order valence-corrected chi connectivity index (χ3v) is 4.02. The summed E-state index contributed by atoms with van der Waals surface area (Å²) in [5, 5.41) is 3.71. The number of hydrogen-bond donors (Lipinski definition) is 2. The summed E-state index contributed by atoms with van der Waals surface area (Å²) < 4.78 is 0. The lowest BCUT2D eigenvalue weighted by Crippen LogP contribution is -2.42. The second-order valence-electron chi connectivity index (χ2n) is 5.49. The highest BCUT2D eigenvalue weighted by molar-refractivity contribution is 6.28. The van der Waals surface area contributed by atoms with Crippen molar-refractivity contribution in [3.63, 3.8) is 0 Å². The molecular weight excluding hydrogens is 276 g/mol. The number of aromatic nitrogens is 4. The summed E-state index contributed by atoms with van der Waals surface area (Å²) in [6, 6.07) is 1.03. The quantitative estimate of drug-likeness (QED) is 0.850. The van der Waals surface area contributed by atoms with E-state index in [-0.39, 0.29) is 5.28 Å². The van der Waals surface area contributed by atoms with Crippen LogP contribution in [0.3, 0.4) is 0 Å². The molecule has 0 radical (unpaired) electrons. The van der Waals surface area contributed by atoms with Crippen molar-refractivity contribution in [3.05, 3.63) is 11.6 Å². The fourth-order valence-corrected chi connectivity index (χ4v) is 2.83. The van der Waals surface area contributed by atoms with Gasteiger partial charge in [-0.15, -0.1) is 0 Å². The Morgan fingerprint density at radius 3 is 2.80 bits per heavy atom. The molecule has 0 saturated carbocycles. The maximum atomic E-state index is 5.94. The zero-order chi connectivity index (χ0) is 14.1. The number of nitrogens with zero attached hydrogens (tertiary/aromatic N) is 4. The average molecular weight is 295 g/mol. The van der Waals surface area contributed by atoms with E-state index >= 15 is 0 Å². The number of H-pyrrole nitrogens is 1. The van der Waals surface area contributed by atoms with Gasteiger partial charge in [-0.3, -0.25) is 0 Å². The molecule has 3 heterocycles. The first-order valence-electron chi connectivity index (χ1n) is 7.00. The molecule has 108 valence electrons. The minimum absolute atomic E-state index is 0.240. The molecule has 1 aliphatic heterocycles. The van der Waals surface area contributed by atoms with E-state index in [1.54, 1.807) is 6.33 Å². The summed E-state index contributed by atoms with van der Waals surface area (Å²) >= 11 is 5.94. The van der Waals surface area contributed by atoms with Crippen LogP contribution in [0.4, 0.5) is 5.82 Å². The van der Waals surface area contributed by atoms with E-state index in [1.165, 1.54) is 0 Å². The van der Waals surface area contributed by atoms with E-state index in [9.17, 15) is 0 Å². The molecule has 1 fully saturated rings. The monoisotopic (exact) mass is 294 g/mol. The number of piperidine rings is 1. The topological polar surface area (TPSA) is 69.7 Å². The highest BCUT2D eigenvalue weighted by atomic mass is 35.5. The zero-order valence-corrected chi connectivity index (χ0v) is 12.5. The summed E-state index contributed by atoms with van der Waals surface area (Å²) in [6.07, 6.45) is 3.82. The van der Waals surface area contributed by atoms with E-state index < -0.39 is 0 Å². The highest BCUT2D eigenvalue weighted by Gasteiger charge is 2.22. The van der Waals surface area contributed by atoms with Crippen LogP contribution in [0.25, 0.3) is 11.2 Å². The van der Waals surface area contributed by atoms with Crippen molar-refractivity contribution in [3.8, 4) is 0 Å². The Bertz CT molecular complexity index is 588. The van der Waals surface area contributed by atoms with E-state index in [1.807, 2.05) is 0 Å². The number of rotatable bonds is 3. The van der Waals surface area contributed by atoms with Crippen molar-refractivity contribution in [2.45, 2.75) is 38.8 Å². The molecule has 1 aliphatic rings. The number of nitrogens with one attached hydrogen (secondary N) is 2. The van der Waals surface area contributed by atoms with Gasteiger partial charge < -0.3 is 15.2 Å². The third-order valence-electron chi connectivity index (χ3n) is 3.85. The van der Waals surface area contributed by atoms with Crippen LogP contribution < -0.4 is 5.32 Å². The average Bonchev–Trinajstić information content (AvgIpc) is 2.87. The lowest BCUT2D eigenvalue weighted by atomic mass is 10.0. The Morgan fingerprint density at radius 1 is 1.35 bits per heavy atom. The molecule has 0 aliphatic carbocycles. The molecule has 3 rings (SSSR count). The van der Waals surface area contributed by atoms with Gasteiger partial charge in [-0.2, -0.15) is 9.97 Å². The Kier molecular flexibility index (Phi) is 3.76. The maximum Gasteiger partial charge on any atom is 0.226 e. The number of anilines is 1. The van der Waals surface area contributed by atoms with Crippen molar-refractivity contribution in [2.24, 2.45) is 0 Å². The van der Waals surface area contributed by atoms with Gasteiger partial charge in [0.1, 0.15) is 5.52 Å². The molecule has 7 heteroatoms. The van der Waals surface area contributed by atoms with Gasteiger partial charge in [-0.05, 0) is 38.3 Å². The summed E-state index contributed by atoms with van der Waals surface area (Å²) in [4.78, 5) is 18.1. The summed E-state index contributed by atoms with van der Waals surface area (Å²) in [5.74, 6) is 0.726. The molecule has 6 nitrogen and oxygen atoms in total. The number of fused-ring (bicyclic) bond motifs is 1. The predicted molar refractivity (Wildman–Crippen MR) is 80.0 cm³/mol. The van der Waals surface area contributed by atoms with Crippen LogP contribution in [0.1, 0.15) is 26.7 Å². The highest BCUT2D eigenvalue weighted by Crippen LogP contribution is 2.22. The lowest BCUT2D eigenvalue weighted by Gasteiger charge is -2.35. The Labute approximate surface area is 123 Å². The molecule has 20 heavy (non-hydrogen) atoms. The predicted octanol–water partition coefficient (Wildman–Crippen LogP) is 2.29. The van der Waals surface area contributed by atoms with Crippen LogP contribution in [0, 0.1) is 0 Å². The smallest absolute Gasteiger partial charge is 0.226 e. The van der Waals surface area contributed by atoms with Gasteiger partial charge in [-0.25, -0.2) is 4.98 Å². The van der Waals surface area contributed by atoms with Crippen LogP contribution in [0.15, 0.2) is 6.33 Å². The fourth-order valence-electron chi connectivity index (χ4n) is 2.66. The van der Waals surface area contributed by atoms with Crippen LogP contribution in [0.5, 0.6) is 0 Å². The van der Waals surface area contributed by atoms with Gasteiger partial charge in [0.05, 0.1) is 6.33 Å². The SMILES string of the molecule is CC(C)N1CCC(Nc2nc(Cl)nc3[nH]cnc23)CC1. The van der Waals surface area contributed by atoms with Gasteiger partial charge in [0.25, 0.3) is 0 Å². The van der Waals surface area contributed by atoms with Gasteiger partial charge in [-0.1, -0.05) is 0 Å². The van der Waals surface area contributed by atoms with E-state index in [0.29, 0.717) is 17.7 Å². The Morgan fingerprint density at radius 2 is 2.10 bits per heavy atom. The molecule has 0 amide bonds. The van der Waals surface area contributed by atoms with E-state index in [2.05, 4.69) is 44.0 Å². The number of halogens is 1. The van der Waals surface area contributed by atoms with E-state index in [4.69, 9.17) is 11.6 Å². The van der Waals surface area contributed by atoms with Crippen molar-refractivity contribution in [2.75, 3.05) is 18.4 Å². The molecular formula is C13H19ClN6. The van der Waals surface area contributed by atoms with Crippen LogP contribution in [-0.4, -0.2) is 50.0 Å². The number of imidazole rings is 1. The van der Waals surface area contributed by atoms with Gasteiger partial charge in [0.15, 0.2) is 11.5 Å². The molecule has 0 aromatic carbocycles. The van der Waals surface area contributed by atoms with Gasteiger partial charge >= 0.3 is 0 Å². The van der Waals surface area contributed by atoms with Gasteiger partial charge in [0.2, 0.25) is 5.28 Å². The first-order chi connectivity index (χ1) is 9.63. The molecule has 1 saturated heterocycles. The zero-order valence-electron chi connectivity index (χ0n) is 11.7. The fraction of sp³-hybridized carbons (Fsp3) is 0.615. The van der Waals surface area contributed by atoms with Crippen LogP contribution in [-0.2, 0) is 0 Å². The van der Waals surface area contributed by atoms with Crippen LogP contribution >= 0.6 is 11.6 Å². The molecule has 0 unspecified atom stereocenters. The van der Waals surface area contributed by atoms with E-state index in [0.717, 1.165) is 37.3 Å². The minimum Gasteiger partial charge on any atom is -0.365 e. The largest absolute Gasteiger partial charge is 0.365 e. The second kappa shape index (κ2) is 5.54. The molecule has 0 bridgehead atoms. The van der Waals surface area contributed by atoms with Crippen molar-refractivity contribution < 1.29 is 0 Å². The number of hydrogen-bond acceptors (Lipinski definition) is 5. The summed E-state index contributed by atoms with van der Waals surface area (Å²) in [7, 11) is 0. The third kappa shape index (κ3) is 2.71. The van der Waals surface area contributed by atoms with Crippen molar-refractivity contribution in [1.29, 1.82) is 0 Å². The molecule has 2 aromatic rings. The summed E-state index contributed by atoms with van der Waals surface area (Å²) in [6.45, 7) is 6.70. The van der Waals surface area contributed by atoms with Crippen LogP contribution in [0.2, 0.25) is 5.28 Å². The lowest BCUT2D eigenvalue weighted by molar-refractivity contribution is 0.177. The first kappa shape index (κ1) is 13.6. The molecule has 0 spiro atoms. The molecule has 2 aromatic heterocycles. The summed E-state index contributed by atoms with van der Waals surface area (Å²) in [5.41, 5.74) is 1.42. The minimum atomic E-state index is 0.240. The Hall–Kier alpha value is -1.40. The molecule has 2 N–H and O–H groups in total. The Balaban J connectivity index is 1.73. The standard InChI is InChI=1S/C13H19ClN6/c1-8(2)20-5-3-9(4-6-20)17-12-10-11(16-7-15-10)18-13(14)19-12/h7-9H,3-6H2,1-2H3,(H2,15,16,17,18,19). The second-order valence-corrected chi connectivity index (χ2v) is 5.83. The maximum absolute atomic E-state index is 5.94. The van der Waals surface area contributed by atoms with Gasteiger partial charge in [0, 0.05) is 25.2 Å². The normalized spacial score (nSPS) is 18.0. The number of aromatic amines is 1. The first-order valence-corrected chi connectivity index (χ1v) is 7.38. The van der Waals surface area contributed by atoms with Crippen molar-refractivity contribution >= 4 is 28.6 Å². The molecule has 0 atom stereocenters.